The van der Waals surface area contributed by atoms with Crippen molar-refractivity contribution in [2.75, 3.05) is 18.1 Å². The highest BCUT2D eigenvalue weighted by molar-refractivity contribution is 5.78. The molecule has 0 unspecified atom stereocenters. The fourth-order valence-corrected chi connectivity index (χ4v) is 2.87. The van der Waals surface area contributed by atoms with E-state index in [1.165, 1.54) is 12.8 Å². The first-order chi connectivity index (χ1) is 8.34. The van der Waals surface area contributed by atoms with Gasteiger partial charge >= 0.3 is 0 Å². The van der Waals surface area contributed by atoms with E-state index in [4.69, 9.17) is 0 Å². The fraction of sp³-hybridized carbons (Fsp3) is 0.500. The molecule has 0 radical (unpaired) electrons. The van der Waals surface area contributed by atoms with Crippen LogP contribution in [0.4, 0.5) is 5.69 Å². The lowest BCUT2D eigenvalue weighted by molar-refractivity contribution is -0.132. The maximum absolute atomic E-state index is 12.1. The number of anilines is 1. The zero-order valence-corrected chi connectivity index (χ0v) is 10.0. The molecule has 0 aliphatic carbocycles. The Balaban J connectivity index is 1.88. The second kappa shape index (κ2) is 4.40. The van der Waals surface area contributed by atoms with Crippen molar-refractivity contribution in [1.82, 2.24) is 5.01 Å². The Labute approximate surface area is 102 Å². The number of fused-ring (bicyclic) bond motifs is 2. The van der Waals surface area contributed by atoms with Gasteiger partial charge in [-0.25, -0.2) is 0 Å². The molecule has 0 saturated carbocycles. The van der Waals surface area contributed by atoms with Crippen molar-refractivity contribution in [3.63, 3.8) is 0 Å². The normalized spacial score (nSPS) is 24.7. The Morgan fingerprint density at radius 3 is 2.71 bits per heavy atom. The minimum absolute atomic E-state index is 0.288. The molecular weight excluding hydrogens is 212 g/mol. The summed E-state index contributed by atoms with van der Waals surface area (Å²) in [5.41, 5.74) is 1.14. The van der Waals surface area contributed by atoms with Crippen molar-refractivity contribution < 1.29 is 4.79 Å². The molecule has 1 atom stereocenters. The van der Waals surface area contributed by atoms with E-state index in [2.05, 4.69) is 17.1 Å². The highest BCUT2D eigenvalue weighted by Gasteiger charge is 2.32. The summed E-state index contributed by atoms with van der Waals surface area (Å²) < 4.78 is 0. The largest absolute Gasteiger partial charge is 0.283 e. The molecule has 1 amide bonds. The van der Waals surface area contributed by atoms with E-state index in [1.807, 2.05) is 23.2 Å². The van der Waals surface area contributed by atoms with Crippen LogP contribution in [0.15, 0.2) is 30.3 Å². The van der Waals surface area contributed by atoms with Crippen LogP contribution in [0.2, 0.25) is 0 Å². The van der Waals surface area contributed by atoms with E-state index in [0.717, 1.165) is 25.2 Å². The zero-order chi connectivity index (χ0) is 11.7. The van der Waals surface area contributed by atoms with Gasteiger partial charge in [-0.1, -0.05) is 18.2 Å². The highest BCUT2D eigenvalue weighted by atomic mass is 16.2. The molecular formula is C14H18N2O. The summed E-state index contributed by atoms with van der Waals surface area (Å²) in [6.07, 6.45) is 4.19. The number of para-hydroxylation sites is 1. The Bertz CT molecular complexity index is 404. The molecule has 2 bridgehead atoms. The zero-order valence-electron chi connectivity index (χ0n) is 10.0. The minimum atomic E-state index is 0.288. The van der Waals surface area contributed by atoms with Crippen LogP contribution < -0.4 is 5.01 Å². The maximum Gasteiger partial charge on any atom is 0.241 e. The van der Waals surface area contributed by atoms with Crippen molar-refractivity contribution in [1.29, 1.82) is 0 Å². The number of hydrazine groups is 1. The smallest absolute Gasteiger partial charge is 0.241 e. The van der Waals surface area contributed by atoms with E-state index < -0.39 is 0 Å². The van der Waals surface area contributed by atoms with Crippen LogP contribution in [-0.2, 0) is 4.79 Å². The predicted molar refractivity (Wildman–Crippen MR) is 67.5 cm³/mol. The average Bonchev–Trinajstić information content (AvgIpc) is 2.52. The number of rotatable bonds is 1. The molecule has 2 aliphatic heterocycles. The first-order valence-electron chi connectivity index (χ1n) is 6.47. The Hall–Kier alpha value is -1.51. The minimum Gasteiger partial charge on any atom is -0.283 e. The fourth-order valence-electron chi connectivity index (χ4n) is 2.87. The van der Waals surface area contributed by atoms with Crippen molar-refractivity contribution in [2.24, 2.45) is 5.92 Å². The lowest BCUT2D eigenvalue weighted by atomic mass is 9.98. The van der Waals surface area contributed by atoms with Gasteiger partial charge in [-0.2, -0.15) is 0 Å². The molecule has 2 heterocycles. The van der Waals surface area contributed by atoms with Crippen molar-refractivity contribution in [2.45, 2.75) is 25.7 Å². The lowest BCUT2D eigenvalue weighted by Crippen LogP contribution is -2.52. The number of amides is 1. The number of nitrogens with zero attached hydrogens (tertiary/aromatic N) is 2. The van der Waals surface area contributed by atoms with E-state index >= 15 is 0 Å². The van der Waals surface area contributed by atoms with E-state index in [0.29, 0.717) is 12.3 Å². The molecule has 2 aliphatic rings. The van der Waals surface area contributed by atoms with Gasteiger partial charge in [0.2, 0.25) is 5.91 Å². The third-order valence-electron chi connectivity index (χ3n) is 3.82. The van der Waals surface area contributed by atoms with Crippen molar-refractivity contribution in [3.8, 4) is 0 Å². The molecule has 3 rings (SSSR count). The molecule has 90 valence electrons. The predicted octanol–water partition coefficient (Wildman–Crippen LogP) is 2.44. The maximum atomic E-state index is 12.1. The van der Waals surface area contributed by atoms with Crippen LogP contribution >= 0.6 is 0 Å². The SMILES string of the molecule is O=C1CCC[C@H]2CCN(c3ccccc3)N1C2. The van der Waals surface area contributed by atoms with Gasteiger partial charge in [0, 0.05) is 19.5 Å². The number of carbonyl (C=O) groups is 1. The molecule has 1 aromatic carbocycles. The van der Waals surface area contributed by atoms with Gasteiger partial charge in [0.05, 0.1) is 5.69 Å². The summed E-state index contributed by atoms with van der Waals surface area (Å²) in [7, 11) is 0. The molecule has 2 fully saturated rings. The molecule has 0 N–H and O–H groups in total. The first-order valence-corrected chi connectivity index (χ1v) is 6.47. The number of carbonyl (C=O) groups excluding carboxylic acids is 1. The van der Waals surface area contributed by atoms with Gasteiger partial charge in [-0.15, -0.1) is 0 Å². The van der Waals surface area contributed by atoms with Gasteiger partial charge in [0.25, 0.3) is 0 Å². The van der Waals surface area contributed by atoms with Crippen LogP contribution in [0.3, 0.4) is 0 Å². The summed E-state index contributed by atoms with van der Waals surface area (Å²) >= 11 is 0. The van der Waals surface area contributed by atoms with Crippen LogP contribution in [0.1, 0.15) is 25.7 Å². The Morgan fingerprint density at radius 1 is 1.06 bits per heavy atom. The highest BCUT2D eigenvalue weighted by Crippen LogP contribution is 2.29. The van der Waals surface area contributed by atoms with Crippen molar-refractivity contribution in [3.05, 3.63) is 30.3 Å². The van der Waals surface area contributed by atoms with Gasteiger partial charge in [-0.05, 0) is 37.3 Å². The summed E-state index contributed by atoms with van der Waals surface area (Å²) in [6, 6.07) is 10.2. The monoisotopic (exact) mass is 230 g/mol. The topological polar surface area (TPSA) is 23.6 Å². The van der Waals surface area contributed by atoms with Crippen molar-refractivity contribution >= 4 is 11.6 Å². The van der Waals surface area contributed by atoms with Gasteiger partial charge in [0.1, 0.15) is 0 Å². The van der Waals surface area contributed by atoms with Crippen LogP contribution in [0.5, 0.6) is 0 Å². The second-order valence-electron chi connectivity index (χ2n) is 4.98. The third kappa shape index (κ3) is 2.02. The average molecular weight is 230 g/mol. The second-order valence-corrected chi connectivity index (χ2v) is 4.98. The first kappa shape index (κ1) is 10.6. The number of benzene rings is 1. The third-order valence-corrected chi connectivity index (χ3v) is 3.82. The molecule has 3 nitrogen and oxygen atoms in total. The summed E-state index contributed by atoms with van der Waals surface area (Å²) in [5.74, 6) is 0.998. The van der Waals surface area contributed by atoms with E-state index in [9.17, 15) is 4.79 Å². The summed E-state index contributed by atoms with van der Waals surface area (Å²) in [6.45, 7) is 1.88. The van der Waals surface area contributed by atoms with Gasteiger partial charge < -0.3 is 0 Å². The quantitative estimate of drug-likeness (QED) is 0.740. The van der Waals surface area contributed by atoms with E-state index in [1.54, 1.807) is 0 Å². The number of hydrogen-bond donors (Lipinski definition) is 0. The summed E-state index contributed by atoms with van der Waals surface area (Å²) in [4.78, 5) is 12.1. The Kier molecular flexibility index (Phi) is 2.75. The standard InChI is InChI=1S/C14H18N2O/c17-14-8-4-5-12-9-10-15(16(14)11-12)13-6-2-1-3-7-13/h1-3,6-7,12H,4-5,8-11H2/t12-/m0/s1. The summed E-state index contributed by atoms with van der Waals surface area (Å²) in [5, 5.41) is 4.13. The van der Waals surface area contributed by atoms with E-state index in [-0.39, 0.29) is 5.91 Å². The molecule has 1 aromatic rings. The molecule has 17 heavy (non-hydrogen) atoms. The van der Waals surface area contributed by atoms with Crippen LogP contribution in [-0.4, -0.2) is 24.0 Å². The van der Waals surface area contributed by atoms with Crippen LogP contribution in [0, 0.1) is 5.92 Å². The molecule has 0 spiro atoms. The molecule has 2 saturated heterocycles. The van der Waals surface area contributed by atoms with Gasteiger partial charge in [-0.3, -0.25) is 14.8 Å². The lowest BCUT2D eigenvalue weighted by Gasteiger charge is -2.42. The molecule has 0 aromatic heterocycles. The van der Waals surface area contributed by atoms with Gasteiger partial charge in [0.15, 0.2) is 0 Å². The van der Waals surface area contributed by atoms with Crippen LogP contribution in [0.25, 0.3) is 0 Å². The Morgan fingerprint density at radius 2 is 1.88 bits per heavy atom. The number of hydrogen-bond acceptors (Lipinski definition) is 2. The molecule has 3 heteroatoms.